The summed E-state index contributed by atoms with van der Waals surface area (Å²) in [5.41, 5.74) is 1.91. The highest BCUT2D eigenvalue weighted by Crippen LogP contribution is 2.44. The van der Waals surface area contributed by atoms with Gasteiger partial charge in [0, 0.05) is 48.8 Å². The molecule has 4 heterocycles. The third-order valence-electron chi connectivity index (χ3n) is 8.02. The van der Waals surface area contributed by atoms with E-state index < -0.39 is 0 Å². The summed E-state index contributed by atoms with van der Waals surface area (Å²) in [4.78, 5) is 16.3. The van der Waals surface area contributed by atoms with Crippen LogP contribution >= 0.6 is 11.6 Å². The number of hydrogen-bond donors (Lipinski definition) is 0. The Morgan fingerprint density at radius 2 is 1.85 bits per heavy atom. The fraction of sp³-hybridized carbons (Fsp3) is 0.538. The van der Waals surface area contributed by atoms with Gasteiger partial charge in [-0.2, -0.15) is 5.10 Å². The maximum absolute atomic E-state index is 14.1. The van der Waals surface area contributed by atoms with E-state index in [0.717, 1.165) is 74.0 Å². The Balaban J connectivity index is 1.22. The lowest BCUT2D eigenvalue weighted by molar-refractivity contribution is 0.264. The van der Waals surface area contributed by atoms with Crippen molar-refractivity contribution >= 4 is 17.4 Å². The molecule has 0 spiro atoms. The Morgan fingerprint density at radius 3 is 2.62 bits per heavy atom. The van der Waals surface area contributed by atoms with Gasteiger partial charge in [0.25, 0.3) is 0 Å². The normalized spacial score (nSPS) is 26.4. The number of fused-ring (bicyclic) bond motifs is 3. The summed E-state index contributed by atoms with van der Waals surface area (Å²) in [5.74, 6) is 4.58. The molecule has 6 rings (SSSR count). The van der Waals surface area contributed by atoms with E-state index in [1.54, 1.807) is 12.4 Å². The molecule has 1 saturated heterocycles. The summed E-state index contributed by atoms with van der Waals surface area (Å²) >= 11 is 6.18. The summed E-state index contributed by atoms with van der Waals surface area (Å²) < 4.78 is 16.2. The maximum Gasteiger partial charge on any atom is 0.151 e. The maximum atomic E-state index is 14.1. The van der Waals surface area contributed by atoms with E-state index in [4.69, 9.17) is 21.7 Å². The van der Waals surface area contributed by atoms with Crippen molar-refractivity contribution in [1.29, 1.82) is 0 Å². The minimum absolute atomic E-state index is 0.0384. The average molecular weight is 481 g/mol. The molecular weight excluding hydrogens is 451 g/mol. The summed E-state index contributed by atoms with van der Waals surface area (Å²) in [5, 5.41) is 5.39. The first kappa shape index (κ1) is 22.0. The van der Waals surface area contributed by atoms with E-state index in [-0.39, 0.29) is 11.7 Å². The molecule has 8 heteroatoms. The van der Waals surface area contributed by atoms with Crippen LogP contribution < -0.4 is 4.90 Å². The predicted molar refractivity (Wildman–Crippen MR) is 130 cm³/mol. The summed E-state index contributed by atoms with van der Waals surface area (Å²) in [6.45, 7) is 4.97. The minimum atomic E-state index is -0.291. The average Bonchev–Trinajstić information content (AvgIpc) is 3.20. The molecule has 0 N–H and O–H groups in total. The van der Waals surface area contributed by atoms with E-state index in [1.165, 1.54) is 18.9 Å². The predicted octanol–water partition coefficient (Wildman–Crippen LogP) is 5.19. The van der Waals surface area contributed by atoms with E-state index in [9.17, 15) is 4.39 Å². The molecule has 1 aromatic carbocycles. The van der Waals surface area contributed by atoms with Gasteiger partial charge in [0.15, 0.2) is 5.82 Å². The molecule has 2 aromatic heterocycles. The van der Waals surface area contributed by atoms with Crippen molar-refractivity contribution in [2.75, 3.05) is 18.0 Å². The topological polar surface area (TPSA) is 59.7 Å². The standard InChI is InChI=1S/C26H30ClFN6/c1-16-8-25(30-15-29-16)33-13-17-5-6-18(14-33)23(17)12-24-31-26-22(4-2-3-7-34(26)32-24)19-9-20(27)11-21(28)10-19/h8-11,15,17-18,22-23H,2-7,12-14H2,1H3/t17-,18+,22-,23?/m1/s1. The second kappa shape index (κ2) is 8.91. The van der Waals surface area contributed by atoms with Gasteiger partial charge in [0.05, 0.1) is 0 Å². The van der Waals surface area contributed by atoms with Crippen molar-refractivity contribution in [3.63, 3.8) is 0 Å². The van der Waals surface area contributed by atoms with Gasteiger partial charge in [0.1, 0.15) is 23.8 Å². The van der Waals surface area contributed by atoms with Crippen molar-refractivity contribution in [2.45, 2.75) is 57.9 Å². The molecule has 1 aliphatic carbocycles. The van der Waals surface area contributed by atoms with Crippen LogP contribution in [0, 0.1) is 30.5 Å². The van der Waals surface area contributed by atoms with Crippen LogP contribution in [-0.2, 0) is 13.0 Å². The zero-order valence-electron chi connectivity index (χ0n) is 19.5. The number of benzene rings is 1. The lowest BCUT2D eigenvalue weighted by Crippen LogP contribution is -2.43. The Morgan fingerprint density at radius 1 is 1.03 bits per heavy atom. The van der Waals surface area contributed by atoms with Crippen molar-refractivity contribution < 1.29 is 4.39 Å². The molecule has 3 aromatic rings. The third kappa shape index (κ3) is 4.19. The molecule has 4 atom stereocenters. The number of hydrogen-bond acceptors (Lipinski definition) is 5. The highest BCUT2D eigenvalue weighted by molar-refractivity contribution is 6.30. The largest absolute Gasteiger partial charge is 0.356 e. The third-order valence-corrected chi connectivity index (χ3v) is 8.23. The fourth-order valence-corrected chi connectivity index (χ4v) is 6.65. The van der Waals surface area contributed by atoms with E-state index >= 15 is 0 Å². The zero-order chi connectivity index (χ0) is 23.2. The molecule has 2 bridgehead atoms. The molecule has 1 saturated carbocycles. The number of halogens is 2. The fourth-order valence-electron chi connectivity index (χ4n) is 6.42. The highest BCUT2D eigenvalue weighted by Gasteiger charge is 2.43. The summed E-state index contributed by atoms with van der Waals surface area (Å²) in [7, 11) is 0. The number of anilines is 1. The molecule has 3 aliphatic rings. The van der Waals surface area contributed by atoms with Gasteiger partial charge in [-0.15, -0.1) is 0 Å². The van der Waals surface area contributed by atoms with Crippen LogP contribution in [0.3, 0.4) is 0 Å². The minimum Gasteiger partial charge on any atom is -0.356 e. The van der Waals surface area contributed by atoms with Crippen molar-refractivity contribution in [3.05, 3.63) is 64.3 Å². The van der Waals surface area contributed by atoms with Crippen LogP contribution in [0.1, 0.15) is 60.9 Å². The van der Waals surface area contributed by atoms with Gasteiger partial charge in [-0.05, 0) is 74.1 Å². The molecule has 2 aliphatic heterocycles. The van der Waals surface area contributed by atoms with Gasteiger partial charge in [-0.3, -0.25) is 0 Å². The first-order valence-corrected chi connectivity index (χ1v) is 12.8. The quantitative estimate of drug-likeness (QED) is 0.514. The number of piperidine rings is 1. The van der Waals surface area contributed by atoms with Gasteiger partial charge >= 0.3 is 0 Å². The van der Waals surface area contributed by atoms with Crippen LogP contribution in [0.25, 0.3) is 0 Å². The molecule has 1 unspecified atom stereocenters. The van der Waals surface area contributed by atoms with E-state index in [1.807, 2.05) is 13.0 Å². The smallest absolute Gasteiger partial charge is 0.151 e. The van der Waals surface area contributed by atoms with E-state index in [2.05, 4.69) is 25.6 Å². The first-order chi connectivity index (χ1) is 16.5. The van der Waals surface area contributed by atoms with Gasteiger partial charge in [0.2, 0.25) is 0 Å². The van der Waals surface area contributed by atoms with Crippen molar-refractivity contribution in [1.82, 2.24) is 24.7 Å². The van der Waals surface area contributed by atoms with Crippen LogP contribution in [0.15, 0.2) is 30.6 Å². The summed E-state index contributed by atoms with van der Waals surface area (Å²) in [6.07, 6.45) is 8.19. The van der Waals surface area contributed by atoms with E-state index in [0.29, 0.717) is 22.8 Å². The second-order valence-corrected chi connectivity index (χ2v) is 10.7. The molecular formula is C26H30ClFN6. The lowest BCUT2D eigenvalue weighted by Gasteiger charge is -2.38. The van der Waals surface area contributed by atoms with Gasteiger partial charge in [-0.25, -0.2) is 24.0 Å². The Bertz CT molecular complexity index is 1160. The molecule has 0 radical (unpaired) electrons. The molecule has 6 nitrogen and oxygen atoms in total. The second-order valence-electron chi connectivity index (χ2n) is 10.2. The number of aromatic nitrogens is 5. The van der Waals surface area contributed by atoms with Crippen LogP contribution in [0.5, 0.6) is 0 Å². The Kier molecular flexibility index (Phi) is 5.76. The van der Waals surface area contributed by atoms with Gasteiger partial charge < -0.3 is 4.90 Å². The molecule has 34 heavy (non-hydrogen) atoms. The van der Waals surface area contributed by atoms with Crippen molar-refractivity contribution in [3.8, 4) is 0 Å². The Hall–Kier alpha value is -2.54. The van der Waals surface area contributed by atoms with Gasteiger partial charge in [-0.1, -0.05) is 18.0 Å². The molecule has 2 fully saturated rings. The van der Waals surface area contributed by atoms with Crippen LogP contribution in [-0.4, -0.2) is 37.8 Å². The van der Waals surface area contributed by atoms with Crippen molar-refractivity contribution in [2.24, 2.45) is 17.8 Å². The van der Waals surface area contributed by atoms with Crippen LogP contribution in [0.2, 0.25) is 5.02 Å². The van der Waals surface area contributed by atoms with Crippen LogP contribution in [0.4, 0.5) is 10.2 Å². The lowest BCUT2D eigenvalue weighted by atomic mass is 9.82. The SMILES string of the molecule is Cc1cc(N2C[C@H]3CC[C@@H](C2)C3Cc2nc3n(n2)CCCC[C@@H]3c2cc(F)cc(Cl)c2)ncn1. The first-order valence-electron chi connectivity index (χ1n) is 12.5. The Labute approximate surface area is 204 Å². The monoisotopic (exact) mass is 480 g/mol. The zero-order valence-corrected chi connectivity index (χ0v) is 20.3. The highest BCUT2D eigenvalue weighted by atomic mass is 35.5. The number of aryl methyl sites for hydroxylation is 2. The number of nitrogens with zero attached hydrogens (tertiary/aromatic N) is 6. The molecule has 0 amide bonds. The summed E-state index contributed by atoms with van der Waals surface area (Å²) in [6, 6.07) is 6.94. The molecule has 178 valence electrons. The number of rotatable bonds is 4.